The highest BCUT2D eigenvalue weighted by molar-refractivity contribution is 7.26. The third kappa shape index (κ3) is 5.91. The molecule has 15 rings (SSSR count). The van der Waals surface area contributed by atoms with E-state index in [1.165, 1.54) is 72.7 Å². The molecule has 0 amide bonds. The molecule has 0 unspecified atom stereocenters. The van der Waals surface area contributed by atoms with Crippen molar-refractivity contribution in [1.82, 2.24) is 0 Å². The van der Waals surface area contributed by atoms with Crippen LogP contribution in [0.5, 0.6) is 0 Å². The molecule has 12 aromatic carbocycles. The van der Waals surface area contributed by atoms with E-state index in [2.05, 4.69) is 234 Å². The Hall–Kier alpha value is -8.48. The first-order valence-corrected chi connectivity index (χ1v) is 25.0. The molecule has 0 saturated carbocycles. The lowest BCUT2D eigenvalue weighted by Gasteiger charge is -2.31. The summed E-state index contributed by atoms with van der Waals surface area (Å²) in [5.74, 6) is 0. The van der Waals surface area contributed by atoms with Gasteiger partial charge >= 0.3 is 0 Å². The van der Waals surface area contributed by atoms with Crippen molar-refractivity contribution in [1.29, 1.82) is 0 Å². The van der Waals surface area contributed by atoms with Gasteiger partial charge in [0.1, 0.15) is 11.2 Å². The number of thiophene rings is 2. The van der Waals surface area contributed by atoms with Gasteiger partial charge in [0.25, 0.3) is 0 Å². The third-order valence-electron chi connectivity index (χ3n) is 14.1. The monoisotopic (exact) mass is 914 g/mol. The normalized spacial score (nSPS) is 12.1. The summed E-state index contributed by atoms with van der Waals surface area (Å²) in [6.07, 6.45) is 0. The minimum Gasteiger partial charge on any atom is -0.456 e. The zero-order chi connectivity index (χ0) is 45.2. The van der Waals surface area contributed by atoms with E-state index in [4.69, 9.17) is 4.42 Å². The quantitative estimate of drug-likeness (QED) is 0.149. The molecular weight excluding hydrogens is 877 g/mol. The van der Waals surface area contributed by atoms with Crippen molar-refractivity contribution in [2.45, 2.75) is 0 Å². The molecular formula is C64H38N2OS2. The maximum atomic E-state index is 6.41. The zero-order valence-electron chi connectivity index (χ0n) is 37.1. The maximum Gasteiger partial charge on any atom is 0.135 e. The highest BCUT2D eigenvalue weighted by atomic mass is 32.1. The van der Waals surface area contributed by atoms with E-state index in [1.807, 2.05) is 28.7 Å². The summed E-state index contributed by atoms with van der Waals surface area (Å²) in [5, 5.41) is 14.6. The summed E-state index contributed by atoms with van der Waals surface area (Å²) in [6, 6.07) is 84.9. The van der Waals surface area contributed by atoms with Crippen LogP contribution in [0, 0.1) is 0 Å². The van der Waals surface area contributed by atoms with Crippen LogP contribution in [0.1, 0.15) is 0 Å². The van der Waals surface area contributed by atoms with Crippen molar-refractivity contribution < 1.29 is 4.42 Å². The minimum absolute atomic E-state index is 0.885. The largest absolute Gasteiger partial charge is 0.456 e. The topological polar surface area (TPSA) is 19.6 Å². The van der Waals surface area contributed by atoms with Crippen molar-refractivity contribution >= 4 is 151 Å². The fraction of sp³-hybridized carbons (Fsp3) is 0. The number of furan rings is 1. The molecule has 5 heteroatoms. The molecule has 0 aliphatic rings. The van der Waals surface area contributed by atoms with Crippen LogP contribution in [0.2, 0.25) is 0 Å². The predicted molar refractivity (Wildman–Crippen MR) is 298 cm³/mol. The Morgan fingerprint density at radius 2 is 0.841 bits per heavy atom. The van der Waals surface area contributed by atoms with Crippen LogP contribution in [0.4, 0.5) is 34.1 Å². The van der Waals surface area contributed by atoms with Crippen LogP contribution in [-0.4, -0.2) is 0 Å². The average Bonchev–Trinajstić information content (AvgIpc) is 4.10. The molecule has 0 bridgehead atoms. The summed E-state index contributed by atoms with van der Waals surface area (Å²) < 4.78 is 11.6. The van der Waals surface area contributed by atoms with Gasteiger partial charge < -0.3 is 14.2 Å². The van der Waals surface area contributed by atoms with Crippen LogP contribution in [0.15, 0.2) is 235 Å². The van der Waals surface area contributed by atoms with Gasteiger partial charge in [0.15, 0.2) is 0 Å². The number of rotatable bonds is 7. The Labute approximate surface area is 404 Å². The van der Waals surface area contributed by atoms with Crippen LogP contribution in [0.25, 0.3) is 106 Å². The molecule has 3 nitrogen and oxygen atoms in total. The smallest absolute Gasteiger partial charge is 0.135 e. The number of nitrogens with zero attached hydrogens (tertiary/aromatic N) is 2. The van der Waals surface area contributed by atoms with Gasteiger partial charge in [-0.2, -0.15) is 0 Å². The summed E-state index contributed by atoms with van der Waals surface area (Å²) in [5.41, 5.74) is 10.8. The Kier molecular flexibility index (Phi) is 8.40. The molecule has 0 atom stereocenters. The second kappa shape index (κ2) is 15.0. The molecule has 0 spiro atoms. The zero-order valence-corrected chi connectivity index (χ0v) is 38.7. The number of hydrogen-bond acceptors (Lipinski definition) is 5. The van der Waals surface area contributed by atoms with Crippen LogP contribution in [-0.2, 0) is 0 Å². The van der Waals surface area contributed by atoms with Gasteiger partial charge in [-0.3, -0.25) is 0 Å². The van der Waals surface area contributed by atoms with Crippen molar-refractivity contribution in [2.75, 3.05) is 9.80 Å². The van der Waals surface area contributed by atoms with Gasteiger partial charge in [0.05, 0.1) is 11.4 Å². The number of anilines is 6. The van der Waals surface area contributed by atoms with E-state index in [9.17, 15) is 0 Å². The highest BCUT2D eigenvalue weighted by Gasteiger charge is 2.26. The third-order valence-corrected chi connectivity index (χ3v) is 16.5. The standard InChI is InChI=1S/C64H38N2OS2/c1-3-13-42(14-4-1)65(44-27-33-60-53(37-44)47-18-8-11-21-58(47)68-60)55-31-25-39-23-30-50-63-41(24-29-49(55)62(39)63)36-51(40-26-32-57-52(35-40)46-17-7-10-20-56(46)67-57)64(50)66(43-15-5-2-6-16-43)45-28-34-61-54(38-45)48-19-9-12-22-59(48)69-61/h1-38H. The van der Waals surface area contributed by atoms with E-state index >= 15 is 0 Å². The fourth-order valence-corrected chi connectivity index (χ4v) is 13.3. The first-order chi connectivity index (χ1) is 34.2. The van der Waals surface area contributed by atoms with E-state index in [1.54, 1.807) is 0 Å². The van der Waals surface area contributed by atoms with Crippen molar-refractivity contribution in [3.05, 3.63) is 231 Å². The lowest BCUT2D eigenvalue weighted by Crippen LogP contribution is -2.12. The fourth-order valence-electron chi connectivity index (χ4n) is 11.1. The SMILES string of the molecule is c1ccc(N(c2ccc3sc4ccccc4c3c2)c2ccc3ccc4c(N(c5ccccc5)c5ccc6sc7ccccc7c6c5)c(-c5ccc6oc7ccccc7c6c5)cc5ccc2c3c54)cc1. The molecule has 69 heavy (non-hydrogen) atoms. The predicted octanol–water partition coefficient (Wildman–Crippen LogP) is 19.8. The second-order valence-electron chi connectivity index (χ2n) is 18.0. The summed E-state index contributed by atoms with van der Waals surface area (Å²) in [4.78, 5) is 4.95. The molecule has 3 aromatic heterocycles. The van der Waals surface area contributed by atoms with Gasteiger partial charge in [0.2, 0.25) is 0 Å². The summed E-state index contributed by atoms with van der Waals surface area (Å²) >= 11 is 3.71. The van der Waals surface area contributed by atoms with E-state index in [0.29, 0.717) is 0 Å². The summed E-state index contributed by atoms with van der Waals surface area (Å²) in [7, 11) is 0. The number of hydrogen-bond donors (Lipinski definition) is 0. The molecule has 0 aliphatic carbocycles. The molecule has 15 aromatic rings. The van der Waals surface area contributed by atoms with Crippen molar-refractivity contribution in [3.63, 3.8) is 0 Å². The molecule has 0 fully saturated rings. The van der Waals surface area contributed by atoms with E-state index in [-0.39, 0.29) is 0 Å². The lowest BCUT2D eigenvalue weighted by molar-refractivity contribution is 0.669. The Bertz CT molecular complexity index is 4510. The van der Waals surface area contributed by atoms with Crippen LogP contribution < -0.4 is 9.80 Å². The Balaban J connectivity index is 1.03. The number of benzene rings is 12. The van der Waals surface area contributed by atoms with Crippen molar-refractivity contribution in [3.8, 4) is 11.1 Å². The first kappa shape index (κ1) is 38.6. The second-order valence-corrected chi connectivity index (χ2v) is 20.2. The van der Waals surface area contributed by atoms with Crippen LogP contribution in [0.3, 0.4) is 0 Å². The van der Waals surface area contributed by atoms with Crippen LogP contribution >= 0.6 is 22.7 Å². The molecule has 0 saturated heterocycles. The molecule has 3 heterocycles. The van der Waals surface area contributed by atoms with Gasteiger partial charge in [0, 0.05) is 90.2 Å². The molecule has 0 N–H and O–H groups in total. The average molecular weight is 915 g/mol. The van der Waals surface area contributed by atoms with Gasteiger partial charge in [-0.25, -0.2) is 0 Å². The highest BCUT2D eigenvalue weighted by Crippen LogP contribution is 2.52. The summed E-state index contributed by atoms with van der Waals surface area (Å²) in [6.45, 7) is 0. The Morgan fingerprint density at radius 1 is 0.304 bits per heavy atom. The van der Waals surface area contributed by atoms with E-state index < -0.39 is 0 Å². The minimum atomic E-state index is 0.885. The first-order valence-electron chi connectivity index (χ1n) is 23.4. The van der Waals surface area contributed by atoms with E-state index in [0.717, 1.165) is 67.2 Å². The number of para-hydroxylation sites is 3. The molecule has 0 aliphatic heterocycles. The number of fused-ring (bicyclic) bond motifs is 9. The maximum absolute atomic E-state index is 6.41. The Morgan fingerprint density at radius 3 is 1.55 bits per heavy atom. The van der Waals surface area contributed by atoms with Gasteiger partial charge in [-0.1, -0.05) is 127 Å². The molecule has 0 radical (unpaired) electrons. The molecule has 322 valence electrons. The van der Waals surface area contributed by atoms with Gasteiger partial charge in [-0.05, 0) is 130 Å². The lowest BCUT2D eigenvalue weighted by atomic mass is 9.88. The van der Waals surface area contributed by atoms with Crippen molar-refractivity contribution in [2.24, 2.45) is 0 Å². The van der Waals surface area contributed by atoms with Gasteiger partial charge in [-0.15, -0.1) is 22.7 Å².